The summed E-state index contributed by atoms with van der Waals surface area (Å²) in [4.78, 5) is 27.4. The van der Waals surface area contributed by atoms with Crippen LogP contribution >= 0.6 is 0 Å². The van der Waals surface area contributed by atoms with Crippen LogP contribution in [0.4, 0.5) is 17.6 Å². The largest absolute Gasteiger partial charge is 0.490 e. The minimum absolute atomic E-state index is 0.0503. The van der Waals surface area contributed by atoms with E-state index in [-0.39, 0.29) is 17.9 Å². The van der Waals surface area contributed by atoms with Crippen molar-refractivity contribution in [1.29, 1.82) is 0 Å². The number of benzene rings is 1. The molecule has 1 aromatic carbocycles. The summed E-state index contributed by atoms with van der Waals surface area (Å²) in [7, 11) is 0. The molecule has 1 saturated carbocycles. The van der Waals surface area contributed by atoms with Crippen LogP contribution in [-0.2, 0) is 27.4 Å². The van der Waals surface area contributed by atoms with E-state index in [0.717, 1.165) is 24.8 Å². The van der Waals surface area contributed by atoms with E-state index in [4.69, 9.17) is 14.6 Å². The lowest BCUT2D eigenvalue weighted by molar-refractivity contribution is -0.192. The van der Waals surface area contributed by atoms with E-state index < -0.39 is 17.8 Å². The summed E-state index contributed by atoms with van der Waals surface area (Å²) in [5.41, 5.74) is 0.684. The van der Waals surface area contributed by atoms with Gasteiger partial charge in [-0.3, -0.25) is 9.78 Å². The Morgan fingerprint density at radius 2 is 1.71 bits per heavy atom. The number of carboxylic acids is 1. The van der Waals surface area contributed by atoms with Crippen LogP contribution < -0.4 is 0 Å². The molecule has 2 atom stereocenters. The third kappa shape index (κ3) is 7.48. The van der Waals surface area contributed by atoms with Crippen LogP contribution in [0.5, 0.6) is 0 Å². The third-order valence-corrected chi connectivity index (χ3v) is 6.28. The van der Waals surface area contributed by atoms with Gasteiger partial charge in [-0.1, -0.05) is 30.3 Å². The number of ether oxygens (including phenoxy) is 1. The van der Waals surface area contributed by atoms with Crippen molar-refractivity contribution in [2.75, 3.05) is 13.1 Å². The van der Waals surface area contributed by atoms with Crippen molar-refractivity contribution in [1.82, 2.24) is 9.88 Å². The van der Waals surface area contributed by atoms with Gasteiger partial charge in [-0.2, -0.15) is 13.2 Å². The van der Waals surface area contributed by atoms with E-state index in [9.17, 15) is 22.4 Å². The molecule has 2 aliphatic rings. The van der Waals surface area contributed by atoms with Crippen LogP contribution in [0.2, 0.25) is 0 Å². The van der Waals surface area contributed by atoms with Gasteiger partial charge in [-0.05, 0) is 55.4 Å². The fourth-order valence-electron chi connectivity index (χ4n) is 4.19. The number of alkyl halides is 4. The highest BCUT2D eigenvalue weighted by atomic mass is 19.4. The predicted octanol–water partition coefficient (Wildman–Crippen LogP) is 4.58. The fraction of sp³-hybridized carbons (Fsp3) is 0.480. The van der Waals surface area contributed by atoms with Gasteiger partial charge in [0.25, 0.3) is 5.91 Å². The summed E-state index contributed by atoms with van der Waals surface area (Å²) in [5.74, 6) is -2.91. The summed E-state index contributed by atoms with van der Waals surface area (Å²) < 4.78 is 52.7. The number of aliphatic carboxylic acids is 1. The molecule has 2 fully saturated rings. The zero-order valence-electron chi connectivity index (χ0n) is 19.1. The van der Waals surface area contributed by atoms with E-state index in [1.54, 1.807) is 17.3 Å². The van der Waals surface area contributed by atoms with Gasteiger partial charge in [-0.15, -0.1) is 0 Å². The molecular weight excluding hydrogens is 468 g/mol. The van der Waals surface area contributed by atoms with Crippen molar-refractivity contribution in [2.45, 2.75) is 56.7 Å². The van der Waals surface area contributed by atoms with Gasteiger partial charge in [0.2, 0.25) is 0 Å². The van der Waals surface area contributed by atoms with Crippen molar-refractivity contribution in [3.8, 4) is 0 Å². The lowest BCUT2D eigenvalue weighted by Gasteiger charge is -2.43. The number of pyridine rings is 1. The van der Waals surface area contributed by atoms with Crippen molar-refractivity contribution in [3.63, 3.8) is 0 Å². The first-order valence-corrected chi connectivity index (χ1v) is 11.4. The van der Waals surface area contributed by atoms with E-state index in [1.807, 2.05) is 30.3 Å². The highest BCUT2D eigenvalue weighted by Crippen LogP contribution is 2.38. The Labute approximate surface area is 200 Å². The summed E-state index contributed by atoms with van der Waals surface area (Å²) in [5, 5.41) is 7.12. The highest BCUT2D eigenvalue weighted by molar-refractivity contribution is 5.86. The second kappa shape index (κ2) is 11.6. The molecule has 0 radical (unpaired) electrons. The number of carbonyl (C=O) groups is 2. The Balaban J connectivity index is 0.000000429. The number of carbonyl (C=O) groups excluding carboxylic acids is 1. The first kappa shape index (κ1) is 26.6. The molecule has 1 N–H and O–H groups in total. The number of aromatic nitrogens is 1. The molecule has 1 aromatic heterocycles. The zero-order valence-corrected chi connectivity index (χ0v) is 19.1. The smallest absolute Gasteiger partial charge is 0.475 e. The van der Waals surface area contributed by atoms with Gasteiger partial charge in [-0.25, -0.2) is 9.18 Å². The topological polar surface area (TPSA) is 79.7 Å². The van der Waals surface area contributed by atoms with Gasteiger partial charge in [0.15, 0.2) is 5.67 Å². The maximum absolute atomic E-state index is 14.7. The number of hydrogen-bond donors (Lipinski definition) is 1. The number of piperidine rings is 1. The van der Waals surface area contributed by atoms with Crippen molar-refractivity contribution in [3.05, 3.63) is 66.0 Å². The fourth-order valence-corrected chi connectivity index (χ4v) is 4.19. The van der Waals surface area contributed by atoms with Crippen LogP contribution in [0.15, 0.2) is 54.9 Å². The SMILES string of the molecule is O=C(N1CC[C@@H](OCc2ccncc2)[C@H](Cc2ccccc2)C1)C1(F)CCC1.O=C(O)C(F)(F)F. The normalized spacial score (nSPS) is 21.3. The molecule has 0 spiro atoms. The molecule has 35 heavy (non-hydrogen) atoms. The van der Waals surface area contributed by atoms with E-state index in [2.05, 4.69) is 17.1 Å². The van der Waals surface area contributed by atoms with Gasteiger partial charge in [0.05, 0.1) is 12.7 Å². The number of carboxylic acid groups (broad SMARTS) is 1. The third-order valence-electron chi connectivity index (χ3n) is 6.28. The molecule has 190 valence electrons. The van der Waals surface area contributed by atoms with Gasteiger partial charge in [0.1, 0.15) is 0 Å². The Hall–Kier alpha value is -3.01. The maximum atomic E-state index is 14.7. The lowest BCUT2D eigenvalue weighted by atomic mass is 9.79. The predicted molar refractivity (Wildman–Crippen MR) is 119 cm³/mol. The Kier molecular flexibility index (Phi) is 8.82. The molecule has 0 bridgehead atoms. The Morgan fingerprint density at radius 1 is 1.09 bits per heavy atom. The zero-order chi connectivity index (χ0) is 25.5. The number of likely N-dealkylation sites (tertiary alicyclic amines) is 1. The first-order valence-electron chi connectivity index (χ1n) is 11.4. The van der Waals surface area contributed by atoms with Crippen molar-refractivity contribution < 1.29 is 37.0 Å². The number of rotatable bonds is 6. The van der Waals surface area contributed by atoms with E-state index >= 15 is 0 Å². The molecule has 1 aliphatic heterocycles. The average Bonchev–Trinajstić information content (AvgIpc) is 2.82. The first-order chi connectivity index (χ1) is 16.6. The summed E-state index contributed by atoms with van der Waals surface area (Å²) in [6.07, 6.45) is 1.61. The molecule has 10 heteroatoms. The van der Waals surface area contributed by atoms with Crippen LogP contribution in [0.25, 0.3) is 0 Å². The van der Waals surface area contributed by atoms with Crippen molar-refractivity contribution >= 4 is 11.9 Å². The van der Waals surface area contributed by atoms with Crippen LogP contribution in [0.3, 0.4) is 0 Å². The molecular formula is C25H28F4N2O4. The van der Waals surface area contributed by atoms with Crippen LogP contribution in [-0.4, -0.2) is 57.9 Å². The van der Waals surface area contributed by atoms with Crippen LogP contribution in [0.1, 0.15) is 36.8 Å². The van der Waals surface area contributed by atoms with E-state index in [0.29, 0.717) is 32.5 Å². The minimum atomic E-state index is -5.08. The molecule has 1 amide bonds. The highest BCUT2D eigenvalue weighted by Gasteiger charge is 2.48. The summed E-state index contributed by atoms with van der Waals surface area (Å²) >= 11 is 0. The summed E-state index contributed by atoms with van der Waals surface area (Å²) in [6, 6.07) is 14.2. The van der Waals surface area contributed by atoms with E-state index in [1.165, 1.54) is 5.56 Å². The molecule has 6 nitrogen and oxygen atoms in total. The molecule has 1 aliphatic carbocycles. The number of amides is 1. The minimum Gasteiger partial charge on any atom is -0.475 e. The van der Waals surface area contributed by atoms with Gasteiger partial charge in [0, 0.05) is 31.4 Å². The average molecular weight is 497 g/mol. The number of hydrogen-bond acceptors (Lipinski definition) is 4. The molecule has 2 aromatic rings. The number of nitrogens with zero attached hydrogens (tertiary/aromatic N) is 2. The van der Waals surface area contributed by atoms with Gasteiger partial charge >= 0.3 is 12.1 Å². The molecule has 2 heterocycles. The molecule has 1 saturated heterocycles. The Bertz CT molecular complexity index is 968. The standard InChI is InChI=1S/C23H27FN2O2.C2HF3O2/c24-23(10-4-11-23)22(27)26-14-9-21(28-17-19-7-12-25-13-8-19)20(16-26)15-18-5-2-1-3-6-18;3-2(4,5)1(6)7/h1-3,5-8,12-13,20-21H,4,9-11,14-17H2;(H,6,7)/t20-,21-;/m1./s1. The molecule has 0 unspecified atom stereocenters. The second-order valence-corrected chi connectivity index (χ2v) is 8.82. The lowest BCUT2D eigenvalue weighted by Crippen LogP contribution is -2.55. The van der Waals surface area contributed by atoms with Crippen molar-refractivity contribution in [2.24, 2.45) is 5.92 Å². The maximum Gasteiger partial charge on any atom is 0.490 e. The quantitative estimate of drug-likeness (QED) is 0.592. The van der Waals surface area contributed by atoms with Gasteiger partial charge < -0.3 is 14.7 Å². The summed E-state index contributed by atoms with van der Waals surface area (Å²) in [6.45, 7) is 1.65. The number of halogens is 4. The Morgan fingerprint density at radius 3 is 2.26 bits per heavy atom. The monoisotopic (exact) mass is 496 g/mol. The molecule has 4 rings (SSSR count). The second-order valence-electron chi connectivity index (χ2n) is 8.82. The van der Waals surface area contributed by atoms with Crippen LogP contribution in [0, 0.1) is 5.92 Å².